The van der Waals surface area contributed by atoms with E-state index >= 15 is 0 Å². The van der Waals surface area contributed by atoms with E-state index in [4.69, 9.17) is 0 Å². The molecule has 0 aromatic heterocycles. The molecule has 0 bridgehead atoms. The summed E-state index contributed by atoms with van der Waals surface area (Å²) in [6.07, 6.45) is 0. The lowest BCUT2D eigenvalue weighted by Gasteiger charge is -2.43. The van der Waals surface area contributed by atoms with E-state index in [0.717, 1.165) is 5.56 Å². The molecular weight excluding hydrogens is 262 g/mol. The maximum atomic E-state index is 12.3. The number of amides is 1. The van der Waals surface area contributed by atoms with Crippen LogP contribution in [0.25, 0.3) is 0 Å². The minimum atomic E-state index is -0.917. The number of benzene rings is 1. The molecule has 2 heterocycles. The van der Waals surface area contributed by atoms with Crippen LogP contribution >= 0.6 is 11.8 Å². The van der Waals surface area contributed by atoms with Crippen LogP contribution in [0.15, 0.2) is 30.3 Å². The van der Waals surface area contributed by atoms with Gasteiger partial charge in [-0.3, -0.25) is 4.79 Å². The van der Waals surface area contributed by atoms with Gasteiger partial charge in [-0.1, -0.05) is 30.3 Å². The molecule has 2 aliphatic heterocycles. The van der Waals surface area contributed by atoms with Gasteiger partial charge in [0.2, 0.25) is 5.91 Å². The number of rotatable bonds is 2. The van der Waals surface area contributed by atoms with Crippen LogP contribution in [0.4, 0.5) is 0 Å². The van der Waals surface area contributed by atoms with Gasteiger partial charge < -0.3 is 10.0 Å². The summed E-state index contributed by atoms with van der Waals surface area (Å²) >= 11 is 1.58. The van der Waals surface area contributed by atoms with Crippen LogP contribution in [0.5, 0.6) is 0 Å². The summed E-state index contributed by atoms with van der Waals surface area (Å²) in [5, 5.41) is 9.29. The van der Waals surface area contributed by atoms with Gasteiger partial charge >= 0.3 is 5.97 Å². The van der Waals surface area contributed by atoms with Gasteiger partial charge in [0, 0.05) is 4.75 Å². The first-order chi connectivity index (χ1) is 8.93. The van der Waals surface area contributed by atoms with Crippen molar-refractivity contribution in [3.63, 3.8) is 0 Å². The molecule has 1 aromatic carbocycles. The number of hydrogen-bond acceptors (Lipinski definition) is 3. The van der Waals surface area contributed by atoms with Crippen molar-refractivity contribution in [2.75, 3.05) is 0 Å². The normalized spacial score (nSPS) is 31.8. The molecule has 2 fully saturated rings. The van der Waals surface area contributed by atoms with Gasteiger partial charge in [-0.2, -0.15) is 0 Å². The van der Waals surface area contributed by atoms with Gasteiger partial charge in [-0.05, 0) is 19.4 Å². The molecule has 0 saturated carbocycles. The number of nitrogens with zero attached hydrogens (tertiary/aromatic N) is 1. The molecule has 2 aliphatic rings. The first kappa shape index (κ1) is 12.5. The lowest BCUT2D eigenvalue weighted by atomic mass is 9.87. The fourth-order valence-corrected chi connectivity index (χ4v) is 4.69. The molecule has 2 saturated heterocycles. The molecule has 0 spiro atoms. The third kappa shape index (κ3) is 1.68. The minimum absolute atomic E-state index is 0.0500. The van der Waals surface area contributed by atoms with Crippen LogP contribution in [-0.4, -0.2) is 38.0 Å². The fourth-order valence-electron chi connectivity index (χ4n) is 2.98. The summed E-state index contributed by atoms with van der Waals surface area (Å²) in [7, 11) is 0. The third-order valence-electron chi connectivity index (χ3n) is 3.83. The van der Waals surface area contributed by atoms with Crippen LogP contribution in [0.3, 0.4) is 0 Å². The lowest BCUT2D eigenvalue weighted by molar-refractivity contribution is -0.159. The van der Waals surface area contributed by atoms with E-state index in [1.807, 2.05) is 44.2 Å². The number of aliphatic carboxylic acids is 1. The summed E-state index contributed by atoms with van der Waals surface area (Å²) < 4.78 is -0.449. The van der Waals surface area contributed by atoms with E-state index in [0.29, 0.717) is 0 Å². The molecule has 0 aliphatic carbocycles. The Morgan fingerprint density at radius 3 is 2.53 bits per heavy atom. The predicted molar refractivity (Wildman–Crippen MR) is 72.9 cm³/mol. The van der Waals surface area contributed by atoms with Crippen LogP contribution in [0.2, 0.25) is 0 Å². The standard InChI is InChI=1S/C14H15NO3S/c1-14(2)10(13(17)18)15-11(16)9(12(15)19-14)8-6-4-3-5-7-8/h3-7,9-10,12H,1-2H3,(H,17,18)/t9-,10+,12-/m1/s1. The van der Waals surface area contributed by atoms with Gasteiger partial charge in [0.15, 0.2) is 0 Å². The van der Waals surface area contributed by atoms with E-state index in [9.17, 15) is 14.7 Å². The zero-order chi connectivity index (χ0) is 13.8. The molecule has 3 atom stereocenters. The summed E-state index contributed by atoms with van der Waals surface area (Å²) in [6, 6.07) is 8.87. The molecule has 0 radical (unpaired) electrons. The zero-order valence-electron chi connectivity index (χ0n) is 10.7. The largest absolute Gasteiger partial charge is 0.480 e. The molecule has 3 rings (SSSR count). The highest BCUT2D eigenvalue weighted by molar-refractivity contribution is 8.01. The molecular formula is C14H15NO3S. The zero-order valence-corrected chi connectivity index (χ0v) is 11.6. The maximum Gasteiger partial charge on any atom is 0.327 e. The van der Waals surface area contributed by atoms with Crippen molar-refractivity contribution in [1.82, 2.24) is 4.90 Å². The highest BCUT2D eigenvalue weighted by atomic mass is 32.2. The summed E-state index contributed by atoms with van der Waals surface area (Å²) in [5.41, 5.74) is 0.975. The van der Waals surface area contributed by atoms with E-state index in [1.54, 1.807) is 11.8 Å². The van der Waals surface area contributed by atoms with E-state index in [2.05, 4.69) is 0 Å². The summed E-state index contributed by atoms with van der Waals surface area (Å²) in [4.78, 5) is 25.2. The topological polar surface area (TPSA) is 57.6 Å². The second-order valence-electron chi connectivity index (χ2n) is 5.49. The minimum Gasteiger partial charge on any atom is -0.480 e. The smallest absolute Gasteiger partial charge is 0.327 e. The first-order valence-electron chi connectivity index (χ1n) is 6.21. The molecule has 1 N–H and O–H groups in total. The number of carbonyl (C=O) groups is 2. The Morgan fingerprint density at radius 1 is 1.32 bits per heavy atom. The molecule has 5 heteroatoms. The van der Waals surface area contributed by atoms with Gasteiger partial charge in [0.25, 0.3) is 0 Å². The lowest BCUT2D eigenvalue weighted by Crippen LogP contribution is -2.61. The number of β-lactam (4-membered cyclic amide) rings is 1. The van der Waals surface area contributed by atoms with Gasteiger partial charge in [-0.25, -0.2) is 4.79 Å². The van der Waals surface area contributed by atoms with Gasteiger partial charge in [0.1, 0.15) is 6.04 Å². The number of fused-ring (bicyclic) bond motifs is 1. The van der Waals surface area contributed by atoms with E-state index in [-0.39, 0.29) is 17.2 Å². The van der Waals surface area contributed by atoms with Crippen LogP contribution in [0.1, 0.15) is 25.3 Å². The molecule has 100 valence electrons. The van der Waals surface area contributed by atoms with Crippen LogP contribution in [-0.2, 0) is 9.59 Å². The van der Waals surface area contributed by atoms with Crippen molar-refractivity contribution in [2.45, 2.75) is 35.9 Å². The summed E-state index contributed by atoms with van der Waals surface area (Å²) in [5.74, 6) is -1.18. The van der Waals surface area contributed by atoms with Crippen molar-refractivity contribution in [3.05, 3.63) is 35.9 Å². The second kappa shape index (κ2) is 4.00. The Bertz CT molecular complexity index is 543. The molecule has 4 nitrogen and oxygen atoms in total. The highest BCUT2D eigenvalue weighted by Gasteiger charge is 2.63. The fraction of sp³-hybridized carbons (Fsp3) is 0.429. The Balaban J connectivity index is 1.93. The summed E-state index contributed by atoms with van der Waals surface area (Å²) in [6.45, 7) is 3.79. The average molecular weight is 277 g/mol. The highest BCUT2D eigenvalue weighted by Crippen LogP contribution is 2.56. The van der Waals surface area contributed by atoms with Crippen LogP contribution in [0, 0.1) is 0 Å². The quantitative estimate of drug-likeness (QED) is 0.839. The first-order valence-corrected chi connectivity index (χ1v) is 7.09. The van der Waals surface area contributed by atoms with Crippen molar-refractivity contribution in [1.29, 1.82) is 0 Å². The predicted octanol–water partition coefficient (Wildman–Crippen LogP) is 1.92. The third-order valence-corrected chi connectivity index (χ3v) is 5.41. The van der Waals surface area contributed by atoms with Crippen molar-refractivity contribution < 1.29 is 14.7 Å². The van der Waals surface area contributed by atoms with Crippen molar-refractivity contribution in [3.8, 4) is 0 Å². The SMILES string of the molecule is CC1(C)S[C@@H]2[C@H](c3ccccc3)C(=O)N2[C@H]1C(=O)O. The number of carboxylic acids is 1. The molecule has 1 aromatic rings. The number of thioether (sulfide) groups is 1. The number of carboxylic acid groups (broad SMARTS) is 1. The average Bonchev–Trinajstić information content (AvgIpc) is 2.59. The van der Waals surface area contributed by atoms with Gasteiger partial charge in [-0.15, -0.1) is 11.8 Å². The Kier molecular flexibility index (Phi) is 2.64. The van der Waals surface area contributed by atoms with E-state index in [1.165, 1.54) is 4.90 Å². The Labute approximate surface area is 115 Å². The second-order valence-corrected chi connectivity index (χ2v) is 7.26. The maximum absolute atomic E-state index is 12.3. The molecule has 19 heavy (non-hydrogen) atoms. The van der Waals surface area contributed by atoms with E-state index < -0.39 is 16.8 Å². The molecule has 1 amide bonds. The number of hydrogen-bond donors (Lipinski definition) is 1. The van der Waals surface area contributed by atoms with Gasteiger partial charge in [0.05, 0.1) is 11.3 Å². The van der Waals surface area contributed by atoms with Crippen LogP contribution < -0.4 is 0 Å². The Morgan fingerprint density at radius 2 is 1.95 bits per heavy atom. The van der Waals surface area contributed by atoms with Crippen molar-refractivity contribution >= 4 is 23.6 Å². The monoisotopic (exact) mass is 277 g/mol. The van der Waals surface area contributed by atoms with Crippen molar-refractivity contribution in [2.24, 2.45) is 0 Å². The Hall–Kier alpha value is -1.49. The number of carbonyl (C=O) groups excluding carboxylic acids is 1. The molecule has 0 unspecified atom stereocenters.